The number of hydrogen-bond donors (Lipinski definition) is 2. The van der Waals surface area contributed by atoms with E-state index in [1.165, 1.54) is 6.07 Å². The normalized spacial score (nSPS) is 11.1. The molecule has 1 aromatic heterocycles. The number of nitrogens with zero attached hydrogens (tertiary/aromatic N) is 2. The highest BCUT2D eigenvalue weighted by Crippen LogP contribution is 2.34. The summed E-state index contributed by atoms with van der Waals surface area (Å²) in [7, 11) is -4.13. The Morgan fingerprint density at radius 1 is 1.00 bits per heavy atom. The number of aryl methyl sites for hydroxylation is 1. The van der Waals surface area contributed by atoms with Gasteiger partial charge in [-0.05, 0) is 49.4 Å². The largest absolute Gasteiger partial charge is 0.455 e. The number of anilines is 2. The minimum Gasteiger partial charge on any atom is -0.455 e. The third-order valence-electron chi connectivity index (χ3n) is 4.33. The first-order chi connectivity index (χ1) is 15.8. The molecule has 4 aromatic rings. The molecule has 0 atom stereocenters. The van der Waals surface area contributed by atoms with Gasteiger partial charge in [0.1, 0.15) is 5.75 Å². The predicted molar refractivity (Wildman–Crippen MR) is 128 cm³/mol. The third-order valence-corrected chi connectivity index (χ3v) is 7.13. The number of carbonyl (C=O) groups excluding carboxylic acids is 1. The van der Waals surface area contributed by atoms with Crippen LogP contribution < -0.4 is 14.8 Å². The van der Waals surface area contributed by atoms with Gasteiger partial charge in [-0.1, -0.05) is 58.8 Å². The monoisotopic (exact) mass is 500 g/mol. The van der Waals surface area contributed by atoms with Crippen molar-refractivity contribution in [3.8, 4) is 11.5 Å². The smallest absolute Gasteiger partial charge is 0.291 e. The predicted octanol–water partition coefficient (Wildman–Crippen LogP) is 5.35. The molecule has 2 N–H and O–H groups in total. The molecular weight excluding hydrogens is 484 g/mol. The van der Waals surface area contributed by atoms with Gasteiger partial charge in [0.05, 0.1) is 5.69 Å². The fraction of sp³-hybridized carbons (Fsp3) is 0.0455. The van der Waals surface area contributed by atoms with Gasteiger partial charge in [0.2, 0.25) is 5.13 Å². The summed E-state index contributed by atoms with van der Waals surface area (Å²) in [6.45, 7) is 1.91. The summed E-state index contributed by atoms with van der Waals surface area (Å²) in [6, 6.07) is 20.4. The Morgan fingerprint density at radius 3 is 2.45 bits per heavy atom. The van der Waals surface area contributed by atoms with E-state index in [1.807, 2.05) is 13.0 Å². The quantitative estimate of drug-likeness (QED) is 0.331. The van der Waals surface area contributed by atoms with Crippen LogP contribution in [0.1, 0.15) is 15.9 Å². The van der Waals surface area contributed by atoms with Crippen molar-refractivity contribution in [1.29, 1.82) is 0 Å². The van der Waals surface area contributed by atoms with E-state index in [0.717, 1.165) is 16.9 Å². The number of rotatable bonds is 7. The van der Waals surface area contributed by atoms with Crippen LogP contribution in [0.5, 0.6) is 11.5 Å². The number of benzene rings is 3. The number of carbonyl (C=O) groups is 1. The van der Waals surface area contributed by atoms with Crippen molar-refractivity contribution in [2.75, 3.05) is 10.0 Å². The van der Waals surface area contributed by atoms with Gasteiger partial charge >= 0.3 is 0 Å². The summed E-state index contributed by atoms with van der Waals surface area (Å²) in [5, 5.41) is 10.4. The highest BCUT2D eigenvalue weighted by Gasteiger charge is 2.23. The molecule has 0 aliphatic rings. The maximum absolute atomic E-state index is 12.9. The lowest BCUT2D eigenvalue weighted by atomic mass is 10.1. The summed E-state index contributed by atoms with van der Waals surface area (Å²) < 4.78 is 33.7. The Labute approximate surface area is 199 Å². The average molecular weight is 501 g/mol. The Bertz CT molecular complexity index is 1390. The van der Waals surface area contributed by atoms with E-state index >= 15 is 0 Å². The number of nitrogens with one attached hydrogen (secondary N) is 2. The lowest BCUT2D eigenvalue weighted by Crippen LogP contribution is -2.13. The highest BCUT2D eigenvalue weighted by molar-refractivity contribution is 7.94. The molecule has 0 fully saturated rings. The van der Waals surface area contributed by atoms with Crippen LogP contribution >= 0.6 is 22.9 Å². The molecule has 8 nitrogen and oxygen atoms in total. The van der Waals surface area contributed by atoms with E-state index in [1.54, 1.807) is 60.7 Å². The zero-order chi connectivity index (χ0) is 23.4. The van der Waals surface area contributed by atoms with Crippen LogP contribution in [0.25, 0.3) is 0 Å². The molecule has 0 aliphatic carbocycles. The minimum atomic E-state index is -4.13. The lowest BCUT2D eigenvalue weighted by Gasteiger charge is -2.12. The standard InChI is InChI=1S/C22H17ClN4O4S2/c1-14-7-9-15(10-8-14)20(28)24-21-25-26-22(32-21)33(29,30)27-18-13-16(23)11-12-19(18)31-17-5-3-2-4-6-17/h2-13,27H,1H3,(H,24,25,28). The molecule has 0 spiro atoms. The van der Waals surface area contributed by atoms with Gasteiger partial charge in [-0.2, -0.15) is 8.42 Å². The Kier molecular flexibility index (Phi) is 6.59. The number of sulfonamides is 1. The second-order valence-corrected chi connectivity index (χ2v) is 10.1. The van der Waals surface area contributed by atoms with E-state index in [-0.39, 0.29) is 20.9 Å². The average Bonchev–Trinajstić information content (AvgIpc) is 3.26. The fourth-order valence-electron chi connectivity index (χ4n) is 2.72. The lowest BCUT2D eigenvalue weighted by molar-refractivity contribution is 0.102. The van der Waals surface area contributed by atoms with Crippen molar-refractivity contribution >= 4 is 49.7 Å². The number of ether oxygens (including phenoxy) is 1. The fourth-order valence-corrected chi connectivity index (χ4v) is 4.85. The molecule has 0 bridgehead atoms. The van der Waals surface area contributed by atoms with Crippen LogP contribution in [0.3, 0.4) is 0 Å². The van der Waals surface area contributed by atoms with Crippen molar-refractivity contribution in [1.82, 2.24) is 10.2 Å². The maximum atomic E-state index is 12.9. The van der Waals surface area contributed by atoms with Gasteiger partial charge in [0, 0.05) is 10.6 Å². The summed E-state index contributed by atoms with van der Waals surface area (Å²) in [4.78, 5) is 12.4. The van der Waals surface area contributed by atoms with E-state index in [9.17, 15) is 13.2 Å². The molecule has 4 rings (SSSR count). The molecular formula is C22H17ClN4O4S2. The van der Waals surface area contributed by atoms with Crippen LogP contribution in [0.2, 0.25) is 5.02 Å². The summed E-state index contributed by atoms with van der Waals surface area (Å²) in [5.41, 5.74) is 1.56. The SMILES string of the molecule is Cc1ccc(C(=O)Nc2nnc(S(=O)(=O)Nc3cc(Cl)ccc3Oc3ccccc3)s2)cc1. The van der Waals surface area contributed by atoms with Gasteiger partial charge in [-0.3, -0.25) is 14.8 Å². The number of hydrogen-bond acceptors (Lipinski definition) is 7. The summed E-state index contributed by atoms with van der Waals surface area (Å²) in [5.74, 6) is 0.361. The molecule has 1 heterocycles. The first-order valence-corrected chi connectivity index (χ1v) is 12.2. The molecule has 0 radical (unpaired) electrons. The minimum absolute atomic E-state index is 0.0489. The van der Waals surface area contributed by atoms with Crippen molar-refractivity contribution in [3.63, 3.8) is 0 Å². The van der Waals surface area contributed by atoms with Crippen LogP contribution in [0.4, 0.5) is 10.8 Å². The van der Waals surface area contributed by atoms with Crippen LogP contribution in [-0.2, 0) is 10.0 Å². The zero-order valence-electron chi connectivity index (χ0n) is 17.2. The number of para-hydroxylation sites is 1. The number of aromatic nitrogens is 2. The van der Waals surface area contributed by atoms with Gasteiger partial charge in [0.25, 0.3) is 20.3 Å². The Morgan fingerprint density at radius 2 is 1.73 bits per heavy atom. The van der Waals surface area contributed by atoms with Crippen molar-refractivity contribution in [2.24, 2.45) is 0 Å². The first kappa shape index (κ1) is 22.7. The van der Waals surface area contributed by atoms with Crippen LogP contribution in [-0.4, -0.2) is 24.5 Å². The van der Waals surface area contributed by atoms with Crippen LogP contribution in [0, 0.1) is 6.92 Å². The topological polar surface area (TPSA) is 110 Å². The molecule has 11 heteroatoms. The van der Waals surface area contributed by atoms with E-state index in [4.69, 9.17) is 16.3 Å². The van der Waals surface area contributed by atoms with E-state index in [0.29, 0.717) is 16.3 Å². The molecule has 3 aromatic carbocycles. The third kappa shape index (κ3) is 5.67. The van der Waals surface area contributed by atoms with E-state index in [2.05, 4.69) is 20.2 Å². The number of amides is 1. The highest BCUT2D eigenvalue weighted by atomic mass is 35.5. The van der Waals surface area contributed by atoms with E-state index < -0.39 is 15.9 Å². The second-order valence-electron chi connectivity index (χ2n) is 6.85. The van der Waals surface area contributed by atoms with Crippen molar-refractivity contribution < 1.29 is 17.9 Å². The Balaban J connectivity index is 1.53. The molecule has 0 saturated heterocycles. The molecule has 0 aliphatic heterocycles. The Hall–Kier alpha value is -3.47. The summed E-state index contributed by atoms with van der Waals surface area (Å²) in [6.07, 6.45) is 0. The molecule has 0 unspecified atom stereocenters. The molecule has 168 valence electrons. The van der Waals surface area contributed by atoms with Crippen molar-refractivity contribution in [2.45, 2.75) is 11.3 Å². The van der Waals surface area contributed by atoms with Gasteiger partial charge < -0.3 is 4.74 Å². The number of halogens is 1. The molecule has 1 amide bonds. The summed E-state index contributed by atoms with van der Waals surface area (Å²) >= 11 is 6.78. The first-order valence-electron chi connectivity index (χ1n) is 9.57. The van der Waals surface area contributed by atoms with Crippen molar-refractivity contribution in [3.05, 3.63) is 88.9 Å². The molecule has 0 saturated carbocycles. The second kappa shape index (κ2) is 9.57. The van der Waals surface area contributed by atoms with Gasteiger partial charge in [0.15, 0.2) is 5.75 Å². The van der Waals surface area contributed by atoms with Crippen LogP contribution in [0.15, 0.2) is 77.1 Å². The zero-order valence-corrected chi connectivity index (χ0v) is 19.5. The maximum Gasteiger partial charge on any atom is 0.291 e. The molecule has 33 heavy (non-hydrogen) atoms. The van der Waals surface area contributed by atoms with Gasteiger partial charge in [-0.15, -0.1) is 10.2 Å². The van der Waals surface area contributed by atoms with Gasteiger partial charge in [-0.25, -0.2) is 0 Å².